The fraction of sp³-hybridized carbons (Fsp3) is 0.500. The average molecular weight is 266 g/mol. The lowest BCUT2D eigenvalue weighted by atomic mass is 10.2. The predicted octanol–water partition coefficient (Wildman–Crippen LogP) is 2.82. The standard InChI is InChI=1S/C14H22N2OS/c1-5-7-11(2)14(17)15-10-12(16(3)4)13-8-6-9-18-13/h6-9,12H,5,10H2,1-4H3,(H,15,17)/b11-7-/t12-/m1/s1. The first kappa shape index (κ1) is 14.9. The molecule has 0 spiro atoms. The third kappa shape index (κ3) is 4.27. The van der Waals surface area contributed by atoms with Gasteiger partial charge in [-0.15, -0.1) is 11.3 Å². The molecule has 4 heteroatoms. The Balaban J connectivity index is 2.59. The lowest BCUT2D eigenvalue weighted by Crippen LogP contribution is -2.34. The van der Waals surface area contributed by atoms with Crippen molar-refractivity contribution in [3.63, 3.8) is 0 Å². The van der Waals surface area contributed by atoms with Crippen molar-refractivity contribution < 1.29 is 4.79 Å². The minimum absolute atomic E-state index is 0.0280. The van der Waals surface area contributed by atoms with Crippen LogP contribution in [0.4, 0.5) is 0 Å². The number of rotatable bonds is 6. The van der Waals surface area contributed by atoms with Crippen molar-refractivity contribution in [3.8, 4) is 0 Å². The van der Waals surface area contributed by atoms with E-state index < -0.39 is 0 Å². The number of carbonyl (C=O) groups is 1. The maximum absolute atomic E-state index is 11.8. The Hall–Kier alpha value is -1.13. The normalized spacial score (nSPS) is 13.7. The quantitative estimate of drug-likeness (QED) is 0.803. The number of allylic oxidation sites excluding steroid dienone is 1. The number of carbonyl (C=O) groups excluding carboxylic acids is 1. The minimum Gasteiger partial charge on any atom is -0.350 e. The summed E-state index contributed by atoms with van der Waals surface area (Å²) in [6.45, 7) is 4.53. The third-order valence-corrected chi connectivity index (χ3v) is 3.79. The molecule has 1 N–H and O–H groups in total. The molecule has 0 unspecified atom stereocenters. The van der Waals surface area contributed by atoms with Crippen molar-refractivity contribution >= 4 is 17.2 Å². The maximum Gasteiger partial charge on any atom is 0.246 e. The molecule has 1 rings (SSSR count). The van der Waals surface area contributed by atoms with Gasteiger partial charge in [0.1, 0.15) is 0 Å². The van der Waals surface area contributed by atoms with Gasteiger partial charge in [-0.25, -0.2) is 0 Å². The molecule has 1 heterocycles. The smallest absolute Gasteiger partial charge is 0.246 e. The number of nitrogens with one attached hydrogen (secondary N) is 1. The van der Waals surface area contributed by atoms with Crippen molar-refractivity contribution in [1.82, 2.24) is 10.2 Å². The molecule has 1 amide bonds. The molecule has 18 heavy (non-hydrogen) atoms. The molecule has 100 valence electrons. The highest BCUT2D eigenvalue weighted by molar-refractivity contribution is 7.10. The number of likely N-dealkylation sites (N-methyl/N-ethyl adjacent to an activating group) is 1. The fourth-order valence-corrected chi connectivity index (χ4v) is 2.67. The van der Waals surface area contributed by atoms with Gasteiger partial charge in [-0.2, -0.15) is 0 Å². The van der Waals surface area contributed by atoms with E-state index in [-0.39, 0.29) is 11.9 Å². The molecular weight excluding hydrogens is 244 g/mol. The van der Waals surface area contributed by atoms with Gasteiger partial charge in [0, 0.05) is 17.0 Å². The Kier molecular flexibility index (Phi) is 6.09. The van der Waals surface area contributed by atoms with Crippen LogP contribution in [0.5, 0.6) is 0 Å². The largest absolute Gasteiger partial charge is 0.350 e. The zero-order valence-corrected chi connectivity index (χ0v) is 12.4. The van der Waals surface area contributed by atoms with Gasteiger partial charge in [0.2, 0.25) is 5.91 Å². The summed E-state index contributed by atoms with van der Waals surface area (Å²) in [5.74, 6) is 0.0280. The topological polar surface area (TPSA) is 32.3 Å². The summed E-state index contributed by atoms with van der Waals surface area (Å²) in [5, 5.41) is 5.06. The summed E-state index contributed by atoms with van der Waals surface area (Å²) >= 11 is 1.72. The highest BCUT2D eigenvalue weighted by atomic mass is 32.1. The van der Waals surface area contributed by atoms with E-state index in [1.807, 2.05) is 40.1 Å². The van der Waals surface area contributed by atoms with Crippen molar-refractivity contribution in [2.75, 3.05) is 20.6 Å². The summed E-state index contributed by atoms with van der Waals surface area (Å²) in [6.07, 6.45) is 2.84. The van der Waals surface area contributed by atoms with Crippen molar-refractivity contribution in [3.05, 3.63) is 34.0 Å². The van der Waals surface area contributed by atoms with Gasteiger partial charge in [0.15, 0.2) is 0 Å². The molecule has 0 aliphatic heterocycles. The molecule has 0 fully saturated rings. The summed E-state index contributed by atoms with van der Waals surface area (Å²) in [6, 6.07) is 4.39. The number of hydrogen-bond donors (Lipinski definition) is 1. The molecule has 0 aliphatic carbocycles. The molecule has 0 aliphatic rings. The van der Waals surface area contributed by atoms with Crippen LogP contribution >= 0.6 is 11.3 Å². The van der Waals surface area contributed by atoms with E-state index in [9.17, 15) is 4.79 Å². The van der Waals surface area contributed by atoms with Crippen molar-refractivity contribution in [2.24, 2.45) is 0 Å². The van der Waals surface area contributed by atoms with Crippen molar-refractivity contribution in [2.45, 2.75) is 26.3 Å². The van der Waals surface area contributed by atoms with E-state index in [1.54, 1.807) is 11.3 Å². The van der Waals surface area contributed by atoms with Crippen LogP contribution in [-0.4, -0.2) is 31.4 Å². The zero-order valence-electron chi connectivity index (χ0n) is 11.6. The first-order chi connectivity index (χ1) is 8.56. The van der Waals surface area contributed by atoms with Gasteiger partial charge < -0.3 is 10.2 Å². The molecule has 1 aromatic rings. The molecule has 1 atom stereocenters. The number of nitrogens with zero attached hydrogens (tertiary/aromatic N) is 1. The second-order valence-corrected chi connectivity index (χ2v) is 5.48. The summed E-state index contributed by atoms with van der Waals surface area (Å²) in [4.78, 5) is 15.2. The van der Waals surface area contributed by atoms with Crippen LogP contribution in [0.15, 0.2) is 29.2 Å². The van der Waals surface area contributed by atoms with Gasteiger partial charge in [-0.05, 0) is 38.9 Å². The molecule has 0 aromatic carbocycles. The molecule has 3 nitrogen and oxygen atoms in total. The van der Waals surface area contributed by atoms with Crippen LogP contribution in [0.3, 0.4) is 0 Å². The van der Waals surface area contributed by atoms with E-state index >= 15 is 0 Å². The molecule has 0 saturated carbocycles. The molecule has 0 radical (unpaired) electrons. The molecule has 1 aromatic heterocycles. The maximum atomic E-state index is 11.8. The van der Waals surface area contributed by atoms with Crippen LogP contribution in [0.25, 0.3) is 0 Å². The van der Waals surface area contributed by atoms with Crippen LogP contribution in [0.2, 0.25) is 0 Å². The SMILES string of the molecule is CC/C=C(/C)C(=O)NC[C@H](c1cccs1)N(C)C. The van der Waals surface area contributed by atoms with E-state index in [0.29, 0.717) is 6.54 Å². The van der Waals surface area contributed by atoms with E-state index in [1.165, 1.54) is 4.88 Å². The summed E-state index contributed by atoms with van der Waals surface area (Å²) < 4.78 is 0. The minimum atomic E-state index is 0.0280. The Morgan fingerprint density at radius 3 is 2.78 bits per heavy atom. The lowest BCUT2D eigenvalue weighted by Gasteiger charge is -2.23. The van der Waals surface area contributed by atoms with Crippen LogP contribution in [-0.2, 0) is 4.79 Å². The first-order valence-corrected chi connectivity index (χ1v) is 7.09. The monoisotopic (exact) mass is 266 g/mol. The van der Waals surface area contributed by atoms with Crippen LogP contribution < -0.4 is 5.32 Å². The number of amides is 1. The molecular formula is C14H22N2OS. The second kappa shape index (κ2) is 7.34. The predicted molar refractivity (Wildman–Crippen MR) is 77.8 cm³/mol. The van der Waals surface area contributed by atoms with Gasteiger partial charge in [0.05, 0.1) is 6.04 Å². The van der Waals surface area contributed by atoms with E-state index in [2.05, 4.69) is 21.7 Å². The summed E-state index contributed by atoms with van der Waals surface area (Å²) in [7, 11) is 4.07. The van der Waals surface area contributed by atoms with Gasteiger partial charge in [-0.3, -0.25) is 4.79 Å². The highest BCUT2D eigenvalue weighted by Crippen LogP contribution is 2.22. The van der Waals surface area contributed by atoms with Crippen LogP contribution in [0.1, 0.15) is 31.2 Å². The van der Waals surface area contributed by atoms with Gasteiger partial charge in [-0.1, -0.05) is 19.1 Å². The van der Waals surface area contributed by atoms with Gasteiger partial charge in [0.25, 0.3) is 0 Å². The van der Waals surface area contributed by atoms with Crippen molar-refractivity contribution in [1.29, 1.82) is 0 Å². The Morgan fingerprint density at radius 2 is 2.28 bits per heavy atom. The Morgan fingerprint density at radius 1 is 1.56 bits per heavy atom. The fourth-order valence-electron chi connectivity index (χ4n) is 1.75. The van der Waals surface area contributed by atoms with Gasteiger partial charge >= 0.3 is 0 Å². The average Bonchev–Trinajstić information content (AvgIpc) is 2.82. The first-order valence-electron chi connectivity index (χ1n) is 6.21. The number of thiophene rings is 1. The molecule has 0 bridgehead atoms. The third-order valence-electron chi connectivity index (χ3n) is 2.82. The summed E-state index contributed by atoms with van der Waals surface area (Å²) in [5.41, 5.74) is 0.793. The Labute approximate surface area is 114 Å². The van der Waals surface area contributed by atoms with Crippen LogP contribution in [0, 0.1) is 0 Å². The van der Waals surface area contributed by atoms with E-state index in [4.69, 9.17) is 0 Å². The Bertz CT molecular complexity index is 396. The molecule has 0 saturated heterocycles. The number of hydrogen-bond acceptors (Lipinski definition) is 3. The lowest BCUT2D eigenvalue weighted by molar-refractivity contribution is -0.117. The second-order valence-electron chi connectivity index (χ2n) is 4.50. The zero-order chi connectivity index (χ0) is 13.5. The highest BCUT2D eigenvalue weighted by Gasteiger charge is 2.16. The van der Waals surface area contributed by atoms with E-state index in [0.717, 1.165) is 12.0 Å².